The molecule has 154 valence electrons. The molecule has 6 rings (SSSR count). The van der Waals surface area contributed by atoms with Crippen molar-refractivity contribution < 1.29 is 9.69 Å². The van der Waals surface area contributed by atoms with Crippen LogP contribution in [0.1, 0.15) is 12.8 Å². The molecule has 1 unspecified atom stereocenters. The number of fused-ring (bicyclic) bond motifs is 3. The predicted octanol–water partition coefficient (Wildman–Crippen LogP) is 1.46. The van der Waals surface area contributed by atoms with Crippen molar-refractivity contribution in [2.75, 3.05) is 24.1 Å². The molecule has 30 heavy (non-hydrogen) atoms. The highest BCUT2D eigenvalue weighted by Gasteiger charge is 2.46. The van der Waals surface area contributed by atoms with Crippen LogP contribution in [0.15, 0.2) is 60.8 Å². The lowest BCUT2D eigenvalue weighted by atomic mass is 9.75. The average Bonchev–Trinajstić information content (AvgIpc) is 3.23. The van der Waals surface area contributed by atoms with Gasteiger partial charge in [0.15, 0.2) is 0 Å². The number of hydrogen-bond donors (Lipinski definition) is 3. The number of carbonyl (C=O) groups is 1. The number of carbonyl (C=O) groups excluding carboxylic acids is 1. The Hall–Kier alpha value is -3.19. The standard InChI is InChI=1S/C23H26N6O/c24-18-6-4-5-17(11-18)22-15-29(27-26-22)13-20-12-16-9-10-28(20)14-21(16)23(30)25-19-7-2-1-3-8-19/h1-8,11,15-16,20-21H,9-10,12-14,24H2,(H,25,30)/p+1/t16-,20+,21-/m0/s1. The fraction of sp³-hybridized carbons (Fsp3) is 0.348. The maximum Gasteiger partial charge on any atom is 0.233 e. The number of quaternary nitrogens is 1. The van der Waals surface area contributed by atoms with Gasteiger partial charge >= 0.3 is 0 Å². The van der Waals surface area contributed by atoms with Gasteiger partial charge in [-0.3, -0.25) is 4.79 Å². The summed E-state index contributed by atoms with van der Waals surface area (Å²) in [5.74, 6) is 0.684. The number of amides is 1. The third-order valence-electron chi connectivity index (χ3n) is 6.56. The minimum atomic E-state index is 0.0869. The molecule has 3 aliphatic rings. The Labute approximate surface area is 175 Å². The third kappa shape index (κ3) is 3.80. The van der Waals surface area contributed by atoms with Gasteiger partial charge in [-0.25, -0.2) is 4.68 Å². The van der Waals surface area contributed by atoms with Gasteiger partial charge in [-0.05, 0) is 30.2 Å². The number of nitrogens with two attached hydrogens (primary N) is 1. The van der Waals surface area contributed by atoms with E-state index in [9.17, 15) is 4.79 Å². The fourth-order valence-corrected chi connectivity index (χ4v) is 5.02. The molecule has 4 atom stereocenters. The first kappa shape index (κ1) is 18.8. The number of aromatic nitrogens is 3. The van der Waals surface area contributed by atoms with Gasteiger partial charge in [0, 0.05) is 29.8 Å². The third-order valence-corrected chi connectivity index (χ3v) is 6.56. The molecule has 2 bridgehead atoms. The highest BCUT2D eigenvalue weighted by Crippen LogP contribution is 2.29. The molecule has 2 aromatic carbocycles. The summed E-state index contributed by atoms with van der Waals surface area (Å²) in [6, 6.07) is 17.9. The molecule has 7 heteroatoms. The first-order chi connectivity index (χ1) is 14.7. The monoisotopic (exact) mass is 403 g/mol. The second kappa shape index (κ2) is 7.91. The van der Waals surface area contributed by atoms with Crippen LogP contribution in [0.2, 0.25) is 0 Å². The minimum Gasteiger partial charge on any atom is -0.399 e. The van der Waals surface area contributed by atoms with Gasteiger partial charge in [0.05, 0.1) is 31.7 Å². The van der Waals surface area contributed by atoms with Gasteiger partial charge in [0.2, 0.25) is 5.91 Å². The molecule has 1 amide bonds. The molecule has 0 radical (unpaired) electrons. The van der Waals surface area contributed by atoms with E-state index in [1.54, 1.807) is 0 Å². The largest absolute Gasteiger partial charge is 0.399 e. The van der Waals surface area contributed by atoms with E-state index in [0.29, 0.717) is 12.0 Å². The smallest absolute Gasteiger partial charge is 0.233 e. The zero-order valence-corrected chi connectivity index (χ0v) is 16.9. The summed E-state index contributed by atoms with van der Waals surface area (Å²) in [6.45, 7) is 2.85. The normalized spacial score (nSPS) is 25.2. The lowest BCUT2D eigenvalue weighted by molar-refractivity contribution is -0.945. The maximum absolute atomic E-state index is 12.8. The van der Waals surface area contributed by atoms with Crippen molar-refractivity contribution in [2.45, 2.75) is 25.4 Å². The molecule has 7 nitrogen and oxygen atoms in total. The van der Waals surface area contributed by atoms with Crippen molar-refractivity contribution in [2.24, 2.45) is 11.8 Å². The van der Waals surface area contributed by atoms with Gasteiger partial charge in [0.1, 0.15) is 11.7 Å². The SMILES string of the molecule is Nc1cccc(-c2cn(C[C@H]3C[C@@H]4CC[NH+]3C[C@@H]4C(=O)Nc3ccccc3)nn2)c1. The summed E-state index contributed by atoms with van der Waals surface area (Å²) >= 11 is 0. The molecular weight excluding hydrogens is 376 g/mol. The van der Waals surface area contributed by atoms with Crippen LogP contribution in [0.5, 0.6) is 0 Å². The van der Waals surface area contributed by atoms with Crippen LogP contribution >= 0.6 is 0 Å². The Bertz CT molecular complexity index is 1030. The van der Waals surface area contributed by atoms with Gasteiger partial charge in [0.25, 0.3) is 0 Å². The van der Waals surface area contributed by atoms with E-state index in [2.05, 4.69) is 15.6 Å². The summed E-state index contributed by atoms with van der Waals surface area (Å²) in [5, 5.41) is 11.8. The maximum atomic E-state index is 12.8. The molecule has 0 aliphatic carbocycles. The Kier molecular flexibility index (Phi) is 4.96. The van der Waals surface area contributed by atoms with Crippen LogP contribution in [0.4, 0.5) is 11.4 Å². The lowest BCUT2D eigenvalue weighted by Crippen LogP contribution is -3.20. The Morgan fingerprint density at radius 2 is 2.07 bits per heavy atom. The molecule has 3 aromatic rings. The molecule has 0 spiro atoms. The average molecular weight is 404 g/mol. The Balaban J connectivity index is 1.23. The van der Waals surface area contributed by atoms with Gasteiger partial charge in [-0.15, -0.1) is 5.10 Å². The van der Waals surface area contributed by atoms with Crippen molar-refractivity contribution >= 4 is 17.3 Å². The summed E-state index contributed by atoms with van der Waals surface area (Å²) < 4.78 is 1.94. The molecule has 3 fully saturated rings. The van der Waals surface area contributed by atoms with Crippen molar-refractivity contribution in [3.05, 3.63) is 60.8 Å². The number of hydrogen-bond acceptors (Lipinski definition) is 4. The van der Waals surface area contributed by atoms with E-state index in [1.807, 2.05) is 65.5 Å². The zero-order valence-electron chi connectivity index (χ0n) is 16.9. The first-order valence-electron chi connectivity index (χ1n) is 10.6. The van der Waals surface area contributed by atoms with E-state index in [1.165, 1.54) is 4.90 Å². The molecule has 1 aromatic heterocycles. The first-order valence-corrected chi connectivity index (χ1v) is 10.6. The quantitative estimate of drug-likeness (QED) is 0.563. The molecule has 4 heterocycles. The summed E-state index contributed by atoms with van der Waals surface area (Å²) in [7, 11) is 0. The van der Waals surface area contributed by atoms with Crippen molar-refractivity contribution in [3.63, 3.8) is 0 Å². The Morgan fingerprint density at radius 1 is 1.20 bits per heavy atom. The lowest BCUT2D eigenvalue weighted by Gasteiger charge is -2.46. The van der Waals surface area contributed by atoms with Crippen molar-refractivity contribution in [3.8, 4) is 11.3 Å². The number of nitrogens with zero attached hydrogens (tertiary/aromatic N) is 3. The second-order valence-corrected chi connectivity index (χ2v) is 8.51. The summed E-state index contributed by atoms with van der Waals surface area (Å²) in [5.41, 5.74) is 9.31. The number of benzene rings is 2. The predicted molar refractivity (Wildman–Crippen MR) is 116 cm³/mol. The number of rotatable bonds is 5. The van der Waals surface area contributed by atoms with Crippen LogP contribution in [0, 0.1) is 11.8 Å². The summed E-state index contributed by atoms with van der Waals surface area (Å²) in [4.78, 5) is 14.4. The van der Waals surface area contributed by atoms with Crippen molar-refractivity contribution in [1.82, 2.24) is 15.0 Å². The van der Waals surface area contributed by atoms with Crippen LogP contribution in [-0.4, -0.2) is 40.0 Å². The van der Waals surface area contributed by atoms with Gasteiger partial charge in [-0.1, -0.05) is 35.5 Å². The van der Waals surface area contributed by atoms with Crippen LogP contribution < -0.4 is 16.0 Å². The highest BCUT2D eigenvalue weighted by molar-refractivity contribution is 5.92. The number of nitrogen functional groups attached to an aromatic ring is 1. The van der Waals surface area contributed by atoms with E-state index in [-0.39, 0.29) is 11.8 Å². The van der Waals surface area contributed by atoms with Crippen molar-refractivity contribution in [1.29, 1.82) is 0 Å². The van der Waals surface area contributed by atoms with Crippen LogP contribution in [-0.2, 0) is 11.3 Å². The fourth-order valence-electron chi connectivity index (χ4n) is 5.02. The van der Waals surface area contributed by atoms with E-state index < -0.39 is 0 Å². The highest BCUT2D eigenvalue weighted by atomic mass is 16.2. The van der Waals surface area contributed by atoms with Crippen LogP contribution in [0.25, 0.3) is 11.3 Å². The second-order valence-electron chi connectivity index (χ2n) is 8.51. The van der Waals surface area contributed by atoms with Crippen LogP contribution in [0.3, 0.4) is 0 Å². The molecular formula is C23H27N6O+. The molecule has 3 aliphatic heterocycles. The number of para-hydroxylation sites is 1. The minimum absolute atomic E-state index is 0.0869. The Morgan fingerprint density at radius 3 is 2.83 bits per heavy atom. The topological polar surface area (TPSA) is 90.3 Å². The van der Waals surface area contributed by atoms with Gasteiger partial charge in [-0.2, -0.15) is 0 Å². The van der Waals surface area contributed by atoms with Gasteiger partial charge < -0.3 is 16.0 Å². The molecule has 3 saturated heterocycles. The van der Waals surface area contributed by atoms with E-state index in [4.69, 9.17) is 5.73 Å². The number of anilines is 2. The zero-order chi connectivity index (χ0) is 20.5. The number of piperidine rings is 3. The van der Waals surface area contributed by atoms with E-state index in [0.717, 1.165) is 55.1 Å². The molecule has 0 saturated carbocycles. The molecule has 4 N–H and O–H groups in total. The summed E-state index contributed by atoms with van der Waals surface area (Å²) in [6.07, 6.45) is 4.16. The van der Waals surface area contributed by atoms with E-state index >= 15 is 0 Å². The number of nitrogens with one attached hydrogen (secondary N) is 2.